The minimum absolute atomic E-state index is 0. The van der Waals surface area contributed by atoms with Crippen molar-refractivity contribution in [2.75, 3.05) is 0 Å². The molecule has 0 saturated heterocycles. The third kappa shape index (κ3) is 1.74. The van der Waals surface area contributed by atoms with Gasteiger partial charge in [-0.25, -0.2) is 4.98 Å². The summed E-state index contributed by atoms with van der Waals surface area (Å²) in [6.07, 6.45) is 1.70. The monoisotopic (exact) mass is 191 g/mol. The van der Waals surface area contributed by atoms with Gasteiger partial charge < -0.3 is 0 Å². The molecule has 0 fully saturated rings. The van der Waals surface area contributed by atoms with E-state index in [1.54, 1.807) is 24.4 Å². The van der Waals surface area contributed by atoms with Crippen molar-refractivity contribution in [3.63, 3.8) is 0 Å². The lowest BCUT2D eigenvalue weighted by atomic mass is 10.3. The molecule has 0 radical (unpaired) electrons. The summed E-state index contributed by atoms with van der Waals surface area (Å²) in [6.45, 7) is 0. The van der Waals surface area contributed by atoms with Gasteiger partial charge in [0.1, 0.15) is 11.8 Å². The highest BCUT2D eigenvalue weighted by Crippen LogP contribution is 2.07. The molecule has 0 atom stereocenters. The number of aromatic nitrogens is 2. The maximum Gasteiger partial charge on any atom is 0.141 e. The minimum Gasteiger partial charge on any atom is -0.255 e. The van der Waals surface area contributed by atoms with Crippen LogP contribution < -0.4 is 0 Å². The molecular formula is C9H6ClN3. The fourth-order valence-corrected chi connectivity index (χ4v) is 1.02. The van der Waals surface area contributed by atoms with Crippen molar-refractivity contribution < 1.29 is 0 Å². The second-order valence-electron chi connectivity index (χ2n) is 2.35. The van der Waals surface area contributed by atoms with Gasteiger partial charge in [0.05, 0.1) is 11.0 Å². The third-order valence-corrected chi connectivity index (χ3v) is 1.57. The standard InChI is InChI=1S/C9H5N3.ClH/c10-6-7-3-4-8-9(12-7)2-1-5-11-8;/h1-5H;1H. The van der Waals surface area contributed by atoms with Gasteiger partial charge >= 0.3 is 0 Å². The first-order valence-corrected chi connectivity index (χ1v) is 3.52. The first-order chi connectivity index (χ1) is 5.90. The van der Waals surface area contributed by atoms with E-state index in [-0.39, 0.29) is 12.4 Å². The van der Waals surface area contributed by atoms with E-state index < -0.39 is 0 Å². The summed E-state index contributed by atoms with van der Waals surface area (Å²) in [5.41, 5.74) is 2.00. The van der Waals surface area contributed by atoms with E-state index in [9.17, 15) is 0 Å². The summed E-state index contributed by atoms with van der Waals surface area (Å²) in [5.74, 6) is 0. The van der Waals surface area contributed by atoms with Crippen LogP contribution in [0.1, 0.15) is 5.69 Å². The highest BCUT2D eigenvalue weighted by molar-refractivity contribution is 5.85. The molecule has 2 aromatic rings. The number of hydrogen-bond donors (Lipinski definition) is 0. The van der Waals surface area contributed by atoms with Gasteiger partial charge in [0.25, 0.3) is 0 Å². The summed E-state index contributed by atoms with van der Waals surface area (Å²) in [6, 6.07) is 9.07. The van der Waals surface area contributed by atoms with Gasteiger partial charge in [0.15, 0.2) is 0 Å². The van der Waals surface area contributed by atoms with E-state index in [1.165, 1.54) is 0 Å². The van der Waals surface area contributed by atoms with Crippen LogP contribution in [0.25, 0.3) is 11.0 Å². The first kappa shape index (κ1) is 9.43. The van der Waals surface area contributed by atoms with Gasteiger partial charge in [-0.05, 0) is 24.3 Å². The molecule has 64 valence electrons. The molecule has 2 aromatic heterocycles. The summed E-state index contributed by atoms with van der Waals surface area (Å²) in [4.78, 5) is 8.15. The zero-order valence-corrected chi connectivity index (χ0v) is 7.45. The molecule has 13 heavy (non-hydrogen) atoms. The summed E-state index contributed by atoms with van der Waals surface area (Å²) < 4.78 is 0. The molecule has 3 nitrogen and oxygen atoms in total. The lowest BCUT2D eigenvalue weighted by Crippen LogP contribution is -1.84. The Labute approximate surface area is 81.5 Å². The van der Waals surface area contributed by atoms with Gasteiger partial charge in [0.2, 0.25) is 0 Å². The quantitative estimate of drug-likeness (QED) is 0.639. The minimum atomic E-state index is 0. The topological polar surface area (TPSA) is 49.6 Å². The fraction of sp³-hybridized carbons (Fsp3) is 0. The Morgan fingerprint density at radius 3 is 2.77 bits per heavy atom. The van der Waals surface area contributed by atoms with Crippen molar-refractivity contribution in [2.24, 2.45) is 0 Å². The lowest BCUT2D eigenvalue weighted by molar-refractivity contribution is 1.29. The summed E-state index contributed by atoms with van der Waals surface area (Å²) in [7, 11) is 0. The van der Waals surface area contributed by atoms with Gasteiger partial charge in [-0.1, -0.05) is 0 Å². The van der Waals surface area contributed by atoms with Gasteiger partial charge in [-0.3, -0.25) is 4.98 Å². The molecular weight excluding hydrogens is 186 g/mol. The van der Waals surface area contributed by atoms with Crippen LogP contribution >= 0.6 is 12.4 Å². The third-order valence-electron chi connectivity index (χ3n) is 1.57. The Morgan fingerprint density at radius 1 is 1.15 bits per heavy atom. The van der Waals surface area contributed by atoms with Crippen molar-refractivity contribution >= 4 is 23.4 Å². The molecule has 0 N–H and O–H groups in total. The number of pyridine rings is 2. The van der Waals surface area contributed by atoms with Crippen molar-refractivity contribution in [1.82, 2.24) is 9.97 Å². The normalized spacial score (nSPS) is 8.85. The van der Waals surface area contributed by atoms with Crippen molar-refractivity contribution in [1.29, 1.82) is 5.26 Å². The maximum absolute atomic E-state index is 8.56. The Morgan fingerprint density at radius 2 is 2.00 bits per heavy atom. The molecule has 2 rings (SSSR count). The molecule has 0 amide bonds. The summed E-state index contributed by atoms with van der Waals surface area (Å²) >= 11 is 0. The van der Waals surface area contributed by atoms with Crippen LogP contribution in [0.15, 0.2) is 30.5 Å². The van der Waals surface area contributed by atoms with Gasteiger partial charge in [0, 0.05) is 6.20 Å². The SMILES string of the molecule is Cl.N#Cc1ccc2ncccc2n1. The van der Waals surface area contributed by atoms with E-state index in [0.29, 0.717) is 5.69 Å². The molecule has 0 spiro atoms. The number of nitrogens with zero attached hydrogens (tertiary/aromatic N) is 3. The predicted octanol–water partition coefficient (Wildman–Crippen LogP) is 1.92. The Bertz CT molecular complexity index is 462. The van der Waals surface area contributed by atoms with Crippen LogP contribution in [0.2, 0.25) is 0 Å². The number of nitriles is 1. The molecule has 0 aliphatic carbocycles. The Kier molecular flexibility index (Phi) is 2.78. The lowest BCUT2D eigenvalue weighted by Gasteiger charge is -1.93. The molecule has 0 aromatic carbocycles. The van der Waals surface area contributed by atoms with Crippen LogP contribution in [0.3, 0.4) is 0 Å². The Hall–Kier alpha value is -1.66. The van der Waals surface area contributed by atoms with Crippen LogP contribution in [-0.2, 0) is 0 Å². The molecule has 4 heteroatoms. The second-order valence-corrected chi connectivity index (χ2v) is 2.35. The van der Waals surface area contributed by atoms with Crippen molar-refractivity contribution in [3.8, 4) is 6.07 Å². The molecule has 0 bridgehead atoms. The van der Waals surface area contributed by atoms with E-state index in [1.807, 2.05) is 12.1 Å². The number of halogens is 1. The molecule has 0 unspecified atom stereocenters. The van der Waals surface area contributed by atoms with Crippen LogP contribution in [-0.4, -0.2) is 9.97 Å². The fourth-order valence-electron chi connectivity index (χ4n) is 1.02. The molecule has 0 aliphatic heterocycles. The highest BCUT2D eigenvalue weighted by Gasteiger charge is 1.95. The highest BCUT2D eigenvalue weighted by atomic mass is 35.5. The zero-order valence-electron chi connectivity index (χ0n) is 6.64. The first-order valence-electron chi connectivity index (χ1n) is 3.52. The van der Waals surface area contributed by atoms with Gasteiger partial charge in [-0.15, -0.1) is 12.4 Å². The second kappa shape index (κ2) is 3.83. The van der Waals surface area contributed by atoms with Gasteiger partial charge in [-0.2, -0.15) is 5.26 Å². The number of hydrogen-bond acceptors (Lipinski definition) is 3. The predicted molar refractivity (Wildman–Crippen MR) is 51.5 cm³/mol. The average Bonchev–Trinajstić information content (AvgIpc) is 2.17. The average molecular weight is 192 g/mol. The van der Waals surface area contributed by atoms with E-state index in [4.69, 9.17) is 5.26 Å². The van der Waals surface area contributed by atoms with E-state index >= 15 is 0 Å². The number of fused-ring (bicyclic) bond motifs is 1. The largest absolute Gasteiger partial charge is 0.255 e. The van der Waals surface area contributed by atoms with Crippen LogP contribution in [0.4, 0.5) is 0 Å². The molecule has 2 heterocycles. The number of rotatable bonds is 0. The van der Waals surface area contributed by atoms with Crippen LogP contribution in [0, 0.1) is 11.3 Å². The zero-order chi connectivity index (χ0) is 8.39. The molecule has 0 aliphatic rings. The van der Waals surface area contributed by atoms with E-state index in [0.717, 1.165) is 11.0 Å². The molecule has 0 saturated carbocycles. The smallest absolute Gasteiger partial charge is 0.141 e. The summed E-state index contributed by atoms with van der Waals surface area (Å²) in [5, 5.41) is 8.56. The van der Waals surface area contributed by atoms with Crippen molar-refractivity contribution in [2.45, 2.75) is 0 Å². The Balaban J connectivity index is 0.000000845. The maximum atomic E-state index is 8.56. The van der Waals surface area contributed by atoms with E-state index in [2.05, 4.69) is 9.97 Å². The van der Waals surface area contributed by atoms with Crippen molar-refractivity contribution in [3.05, 3.63) is 36.2 Å². The van der Waals surface area contributed by atoms with Crippen LogP contribution in [0.5, 0.6) is 0 Å².